The van der Waals surface area contributed by atoms with Gasteiger partial charge < -0.3 is 9.84 Å². The molecule has 3 heteroatoms. The Bertz CT molecular complexity index is 529. The molecule has 3 aliphatic carbocycles. The first-order valence-electron chi connectivity index (χ1n) is 8.11. The lowest BCUT2D eigenvalue weighted by Crippen LogP contribution is -2.44. The molecule has 1 aromatic rings. The highest BCUT2D eigenvalue weighted by molar-refractivity contribution is 5.21. The molecular formula is C17H24N2O. The van der Waals surface area contributed by atoms with E-state index in [9.17, 15) is 0 Å². The van der Waals surface area contributed by atoms with Crippen LogP contribution in [0.5, 0.6) is 0 Å². The van der Waals surface area contributed by atoms with Gasteiger partial charge in [-0.15, -0.1) is 0 Å². The smallest absolute Gasteiger partial charge is 0.140 e. The van der Waals surface area contributed by atoms with Crippen LogP contribution in [0, 0.1) is 5.92 Å². The van der Waals surface area contributed by atoms with Gasteiger partial charge in [-0.3, -0.25) is 0 Å². The molecule has 20 heavy (non-hydrogen) atoms. The van der Waals surface area contributed by atoms with Gasteiger partial charge in [-0.25, -0.2) is 0 Å². The Labute approximate surface area is 120 Å². The van der Waals surface area contributed by atoms with Crippen molar-refractivity contribution in [2.24, 2.45) is 5.92 Å². The second kappa shape index (κ2) is 4.73. The maximum absolute atomic E-state index is 5.43. The third-order valence-electron chi connectivity index (χ3n) is 5.13. The van der Waals surface area contributed by atoms with Crippen molar-refractivity contribution in [3.05, 3.63) is 29.2 Å². The number of aromatic nitrogens is 1. The summed E-state index contributed by atoms with van der Waals surface area (Å²) < 4.78 is 5.43. The van der Waals surface area contributed by atoms with Crippen LogP contribution in [0.15, 0.2) is 22.2 Å². The number of nitrogens with one attached hydrogen (secondary N) is 1. The summed E-state index contributed by atoms with van der Waals surface area (Å²) in [4.78, 5) is 0. The Balaban J connectivity index is 1.42. The van der Waals surface area contributed by atoms with Crippen LogP contribution in [0.25, 0.3) is 0 Å². The standard InChI is InChI=1S/C17H24N2O/c1-17(9-12-3-2-4-13(7-12)10-17)18-11-15-8-16(20-19-15)14-5-6-14/h8-9,13-14,18H,2-7,10-11H2,1H3. The summed E-state index contributed by atoms with van der Waals surface area (Å²) in [6.45, 7) is 3.16. The lowest BCUT2D eigenvalue weighted by atomic mass is 9.71. The van der Waals surface area contributed by atoms with Crippen molar-refractivity contribution in [1.82, 2.24) is 10.5 Å². The maximum atomic E-state index is 5.43. The second-order valence-electron chi connectivity index (χ2n) is 7.24. The Hall–Kier alpha value is -1.09. The van der Waals surface area contributed by atoms with Crippen molar-refractivity contribution < 1.29 is 4.52 Å². The molecule has 0 radical (unpaired) electrons. The molecule has 1 heterocycles. The topological polar surface area (TPSA) is 38.1 Å². The molecule has 0 amide bonds. The molecule has 1 N–H and O–H groups in total. The van der Waals surface area contributed by atoms with E-state index in [1.54, 1.807) is 5.57 Å². The number of hydrogen-bond acceptors (Lipinski definition) is 3. The molecule has 108 valence electrons. The number of allylic oxidation sites excluding steroid dienone is 1. The highest BCUT2D eigenvalue weighted by Crippen LogP contribution is 2.41. The number of nitrogens with zero attached hydrogens (tertiary/aromatic N) is 1. The van der Waals surface area contributed by atoms with Gasteiger partial charge in [-0.1, -0.05) is 16.8 Å². The molecule has 3 aliphatic rings. The van der Waals surface area contributed by atoms with Crippen molar-refractivity contribution in [2.75, 3.05) is 0 Å². The molecule has 3 nitrogen and oxygen atoms in total. The molecular weight excluding hydrogens is 248 g/mol. The number of rotatable bonds is 4. The molecule has 2 saturated carbocycles. The van der Waals surface area contributed by atoms with Crippen LogP contribution in [0.1, 0.15) is 69.2 Å². The van der Waals surface area contributed by atoms with Gasteiger partial charge >= 0.3 is 0 Å². The summed E-state index contributed by atoms with van der Waals surface area (Å²) in [7, 11) is 0. The molecule has 0 saturated heterocycles. The van der Waals surface area contributed by atoms with Crippen LogP contribution in [0.4, 0.5) is 0 Å². The summed E-state index contributed by atoms with van der Waals surface area (Å²) in [6, 6.07) is 2.14. The highest BCUT2D eigenvalue weighted by atomic mass is 16.5. The predicted molar refractivity (Wildman–Crippen MR) is 78.4 cm³/mol. The first-order valence-corrected chi connectivity index (χ1v) is 8.11. The van der Waals surface area contributed by atoms with Crippen LogP contribution >= 0.6 is 0 Å². The van der Waals surface area contributed by atoms with Crippen LogP contribution in [-0.4, -0.2) is 10.7 Å². The Morgan fingerprint density at radius 2 is 2.30 bits per heavy atom. The van der Waals surface area contributed by atoms with E-state index < -0.39 is 0 Å². The molecule has 2 bridgehead atoms. The minimum atomic E-state index is 0.150. The third-order valence-corrected chi connectivity index (χ3v) is 5.13. The van der Waals surface area contributed by atoms with Gasteiger partial charge in [-0.05, 0) is 57.8 Å². The summed E-state index contributed by atoms with van der Waals surface area (Å²) in [5.41, 5.74) is 2.88. The predicted octanol–water partition coefficient (Wildman–Crippen LogP) is 3.92. The van der Waals surface area contributed by atoms with Gasteiger partial charge in [0.15, 0.2) is 0 Å². The fourth-order valence-corrected chi connectivity index (χ4v) is 3.99. The lowest BCUT2D eigenvalue weighted by Gasteiger charge is -2.40. The van der Waals surface area contributed by atoms with Crippen molar-refractivity contribution in [3.63, 3.8) is 0 Å². The van der Waals surface area contributed by atoms with Gasteiger partial charge in [0, 0.05) is 24.1 Å². The zero-order valence-electron chi connectivity index (χ0n) is 12.3. The Kier molecular flexibility index (Phi) is 2.99. The fourth-order valence-electron chi connectivity index (χ4n) is 3.99. The molecule has 4 rings (SSSR count). The molecule has 2 unspecified atom stereocenters. The minimum absolute atomic E-state index is 0.150. The first kappa shape index (κ1) is 12.6. The Morgan fingerprint density at radius 3 is 3.10 bits per heavy atom. The monoisotopic (exact) mass is 272 g/mol. The maximum Gasteiger partial charge on any atom is 0.140 e. The van der Waals surface area contributed by atoms with Crippen molar-refractivity contribution >= 4 is 0 Å². The lowest BCUT2D eigenvalue weighted by molar-refractivity contribution is 0.264. The summed E-state index contributed by atoms with van der Waals surface area (Å²) in [6.07, 6.45) is 11.7. The molecule has 0 aliphatic heterocycles. The van der Waals surface area contributed by atoms with Crippen LogP contribution < -0.4 is 5.32 Å². The van der Waals surface area contributed by atoms with Crippen molar-refractivity contribution in [3.8, 4) is 0 Å². The van der Waals surface area contributed by atoms with Crippen molar-refractivity contribution in [2.45, 2.75) is 69.9 Å². The quantitative estimate of drug-likeness (QED) is 0.844. The van der Waals surface area contributed by atoms with E-state index in [1.807, 2.05) is 0 Å². The molecule has 2 fully saturated rings. The van der Waals surface area contributed by atoms with E-state index in [0.29, 0.717) is 5.92 Å². The largest absolute Gasteiger partial charge is 0.361 e. The number of hydrogen-bond donors (Lipinski definition) is 1. The molecule has 0 aromatic carbocycles. The fraction of sp³-hybridized carbons (Fsp3) is 0.706. The van der Waals surface area contributed by atoms with E-state index in [-0.39, 0.29) is 5.54 Å². The summed E-state index contributed by atoms with van der Waals surface area (Å²) >= 11 is 0. The van der Waals surface area contributed by atoms with Gasteiger partial charge in [0.05, 0.1) is 5.69 Å². The van der Waals surface area contributed by atoms with Gasteiger partial charge in [-0.2, -0.15) is 0 Å². The van der Waals surface area contributed by atoms with Crippen molar-refractivity contribution in [1.29, 1.82) is 0 Å². The second-order valence-corrected chi connectivity index (χ2v) is 7.24. The van der Waals surface area contributed by atoms with E-state index in [2.05, 4.69) is 29.5 Å². The van der Waals surface area contributed by atoms with Crippen LogP contribution in [0.3, 0.4) is 0 Å². The highest BCUT2D eigenvalue weighted by Gasteiger charge is 2.33. The zero-order chi connectivity index (χ0) is 13.6. The van der Waals surface area contributed by atoms with Gasteiger partial charge in [0.25, 0.3) is 0 Å². The average Bonchev–Trinajstić information content (AvgIpc) is 3.15. The third kappa shape index (κ3) is 2.56. The molecule has 2 atom stereocenters. The average molecular weight is 272 g/mol. The Morgan fingerprint density at radius 1 is 1.40 bits per heavy atom. The van der Waals surface area contributed by atoms with Crippen LogP contribution in [0.2, 0.25) is 0 Å². The van der Waals surface area contributed by atoms with E-state index in [0.717, 1.165) is 23.9 Å². The van der Waals surface area contributed by atoms with E-state index in [1.165, 1.54) is 44.9 Å². The first-order chi connectivity index (χ1) is 9.70. The molecule has 1 aromatic heterocycles. The zero-order valence-corrected chi connectivity index (χ0v) is 12.3. The molecule has 0 spiro atoms. The van der Waals surface area contributed by atoms with Crippen LogP contribution in [-0.2, 0) is 6.54 Å². The number of fused-ring (bicyclic) bond motifs is 2. The normalized spacial score (nSPS) is 33.0. The summed E-state index contributed by atoms with van der Waals surface area (Å²) in [5, 5.41) is 7.92. The van der Waals surface area contributed by atoms with E-state index in [4.69, 9.17) is 4.52 Å². The summed E-state index contributed by atoms with van der Waals surface area (Å²) in [5.74, 6) is 2.63. The van der Waals surface area contributed by atoms with Gasteiger partial charge in [0.2, 0.25) is 0 Å². The SMILES string of the molecule is CC1(NCc2cc(C3CC3)on2)C=C2CCCC(C2)C1. The van der Waals surface area contributed by atoms with Gasteiger partial charge in [0.1, 0.15) is 5.76 Å². The minimum Gasteiger partial charge on any atom is -0.361 e. The van der Waals surface area contributed by atoms with E-state index >= 15 is 0 Å².